The summed E-state index contributed by atoms with van der Waals surface area (Å²) in [6.45, 7) is 12.1. The minimum atomic E-state index is 0.627. The number of nitrogens with zero attached hydrogens (tertiary/aromatic N) is 2. The number of guanidine groups is 1. The van der Waals surface area contributed by atoms with Crippen molar-refractivity contribution in [1.82, 2.24) is 15.5 Å². The fourth-order valence-corrected chi connectivity index (χ4v) is 2.40. The molecule has 0 aliphatic carbocycles. The quantitative estimate of drug-likeness (QED) is 0.408. The number of aliphatic imine (C=N–C) groups is 1. The molecule has 0 heterocycles. The molecule has 0 fully saturated rings. The Kier molecular flexibility index (Phi) is 12.3. The van der Waals surface area contributed by atoms with Gasteiger partial charge in [-0.05, 0) is 44.0 Å². The molecule has 0 spiro atoms. The van der Waals surface area contributed by atoms with Gasteiger partial charge < -0.3 is 25.0 Å². The van der Waals surface area contributed by atoms with Crippen LogP contribution in [0.5, 0.6) is 5.75 Å². The molecular weight excluding hydrogens is 340 g/mol. The molecule has 0 aromatic heterocycles. The van der Waals surface area contributed by atoms with Gasteiger partial charge in [-0.3, -0.25) is 0 Å². The van der Waals surface area contributed by atoms with Crippen molar-refractivity contribution in [3.8, 4) is 5.75 Å². The Balaban J connectivity index is 2.48. The normalized spacial score (nSPS) is 11.9. The minimum Gasteiger partial charge on any atom is -0.492 e. The predicted molar refractivity (Wildman–Crippen MR) is 114 cm³/mol. The molecule has 0 aliphatic rings. The van der Waals surface area contributed by atoms with Crippen LogP contribution in [0.3, 0.4) is 0 Å². The van der Waals surface area contributed by atoms with E-state index in [1.165, 1.54) is 0 Å². The lowest BCUT2D eigenvalue weighted by molar-refractivity contribution is 0.150. The number of hydrogen-bond donors (Lipinski definition) is 2. The van der Waals surface area contributed by atoms with E-state index in [0.717, 1.165) is 56.5 Å². The average Bonchev–Trinajstić information content (AvgIpc) is 2.64. The van der Waals surface area contributed by atoms with Gasteiger partial charge in [0.1, 0.15) is 12.4 Å². The third kappa shape index (κ3) is 11.5. The van der Waals surface area contributed by atoms with Crippen LogP contribution >= 0.6 is 0 Å². The fourth-order valence-electron chi connectivity index (χ4n) is 2.40. The first-order valence-electron chi connectivity index (χ1n) is 9.96. The van der Waals surface area contributed by atoms with Gasteiger partial charge in [0.05, 0.1) is 13.2 Å². The van der Waals surface area contributed by atoms with Crippen LogP contribution in [0.2, 0.25) is 0 Å². The molecule has 0 unspecified atom stereocenters. The monoisotopic (exact) mass is 378 g/mol. The molecule has 1 rings (SSSR count). The average molecular weight is 379 g/mol. The summed E-state index contributed by atoms with van der Waals surface area (Å²) >= 11 is 0. The highest BCUT2D eigenvalue weighted by atomic mass is 16.5. The van der Waals surface area contributed by atoms with Gasteiger partial charge in [0, 0.05) is 33.3 Å². The molecule has 0 bridgehead atoms. The number of likely N-dealkylation sites (N-methyl/N-ethyl adjacent to an activating group) is 1. The van der Waals surface area contributed by atoms with Crippen molar-refractivity contribution < 1.29 is 9.47 Å². The summed E-state index contributed by atoms with van der Waals surface area (Å²) in [5.41, 5.74) is 1.14. The fraction of sp³-hybridized carbons (Fsp3) is 0.667. The number of rotatable bonds is 13. The van der Waals surface area contributed by atoms with Crippen LogP contribution in [0.1, 0.15) is 32.8 Å². The maximum absolute atomic E-state index is 5.88. The first-order valence-corrected chi connectivity index (χ1v) is 9.96. The second-order valence-corrected chi connectivity index (χ2v) is 7.10. The van der Waals surface area contributed by atoms with E-state index >= 15 is 0 Å². The van der Waals surface area contributed by atoms with E-state index in [4.69, 9.17) is 9.47 Å². The highest BCUT2D eigenvalue weighted by molar-refractivity contribution is 5.79. The highest BCUT2D eigenvalue weighted by Gasteiger charge is 2.02. The number of hydrogen-bond acceptors (Lipinski definition) is 4. The van der Waals surface area contributed by atoms with Crippen LogP contribution in [0, 0.1) is 5.92 Å². The van der Waals surface area contributed by atoms with Crippen LogP contribution in [-0.4, -0.2) is 64.4 Å². The lowest BCUT2D eigenvalue weighted by Gasteiger charge is -2.16. The van der Waals surface area contributed by atoms with Crippen LogP contribution in [0.4, 0.5) is 0 Å². The van der Waals surface area contributed by atoms with Gasteiger partial charge in [-0.2, -0.15) is 0 Å². The van der Waals surface area contributed by atoms with Crippen molar-refractivity contribution in [3.05, 3.63) is 29.8 Å². The Labute approximate surface area is 165 Å². The topological polar surface area (TPSA) is 58.1 Å². The molecule has 0 amide bonds. The molecule has 154 valence electrons. The maximum Gasteiger partial charge on any atom is 0.191 e. The smallest absolute Gasteiger partial charge is 0.191 e. The van der Waals surface area contributed by atoms with Gasteiger partial charge in [0.15, 0.2) is 5.96 Å². The Morgan fingerprint density at radius 2 is 1.96 bits per heavy atom. The second kappa shape index (κ2) is 14.3. The summed E-state index contributed by atoms with van der Waals surface area (Å²) in [5.74, 6) is 2.44. The second-order valence-electron chi connectivity index (χ2n) is 7.10. The Bertz CT molecular complexity index is 535. The molecule has 0 radical (unpaired) electrons. The molecule has 27 heavy (non-hydrogen) atoms. The molecular formula is C21H38N4O2. The van der Waals surface area contributed by atoms with Gasteiger partial charge >= 0.3 is 0 Å². The number of nitrogens with one attached hydrogen (secondary N) is 2. The standard InChI is InChI=1S/C21H38N4O2/c1-6-22-21(23-11-10-18(2)3)24-17-19-8-7-9-20(16-19)27-15-13-25(4)12-14-26-5/h7-9,16,18H,6,10-15,17H2,1-5H3,(H2,22,23,24). The van der Waals surface area contributed by atoms with E-state index in [2.05, 4.69) is 60.5 Å². The molecule has 6 heteroatoms. The third-order valence-corrected chi connectivity index (χ3v) is 4.10. The zero-order chi connectivity index (χ0) is 19.9. The van der Waals surface area contributed by atoms with Crippen molar-refractivity contribution in [2.45, 2.75) is 33.7 Å². The molecule has 0 saturated carbocycles. The van der Waals surface area contributed by atoms with Crippen molar-refractivity contribution in [2.75, 3.05) is 53.6 Å². The number of ether oxygens (including phenoxy) is 2. The van der Waals surface area contributed by atoms with Gasteiger partial charge in [-0.15, -0.1) is 0 Å². The number of benzene rings is 1. The Morgan fingerprint density at radius 3 is 2.67 bits per heavy atom. The lowest BCUT2D eigenvalue weighted by atomic mass is 10.1. The minimum absolute atomic E-state index is 0.627. The predicted octanol–water partition coefficient (Wildman–Crippen LogP) is 2.74. The van der Waals surface area contributed by atoms with E-state index in [1.54, 1.807) is 7.11 Å². The summed E-state index contributed by atoms with van der Waals surface area (Å²) in [7, 11) is 3.79. The van der Waals surface area contributed by atoms with Crippen LogP contribution in [-0.2, 0) is 11.3 Å². The SMILES string of the molecule is CCNC(=NCc1cccc(OCCN(C)CCOC)c1)NCCC(C)C. The van der Waals surface area contributed by atoms with Gasteiger partial charge in [0.2, 0.25) is 0 Å². The van der Waals surface area contributed by atoms with Gasteiger partial charge in [-0.1, -0.05) is 26.0 Å². The van der Waals surface area contributed by atoms with E-state index in [9.17, 15) is 0 Å². The van der Waals surface area contributed by atoms with E-state index in [1.807, 2.05) is 12.1 Å². The van der Waals surface area contributed by atoms with E-state index in [-0.39, 0.29) is 0 Å². The van der Waals surface area contributed by atoms with Crippen molar-refractivity contribution in [2.24, 2.45) is 10.9 Å². The zero-order valence-corrected chi connectivity index (χ0v) is 17.8. The van der Waals surface area contributed by atoms with E-state index < -0.39 is 0 Å². The van der Waals surface area contributed by atoms with Crippen LogP contribution in [0.25, 0.3) is 0 Å². The first-order chi connectivity index (χ1) is 13.0. The molecule has 1 aromatic rings. The maximum atomic E-state index is 5.88. The number of methoxy groups -OCH3 is 1. The van der Waals surface area contributed by atoms with E-state index in [0.29, 0.717) is 19.1 Å². The molecule has 2 N–H and O–H groups in total. The van der Waals surface area contributed by atoms with Crippen molar-refractivity contribution in [3.63, 3.8) is 0 Å². The molecule has 0 atom stereocenters. The summed E-state index contributed by atoms with van der Waals surface area (Å²) in [4.78, 5) is 6.88. The molecule has 0 saturated heterocycles. The highest BCUT2D eigenvalue weighted by Crippen LogP contribution is 2.14. The Morgan fingerprint density at radius 1 is 1.19 bits per heavy atom. The summed E-state index contributed by atoms with van der Waals surface area (Å²) in [6, 6.07) is 8.16. The summed E-state index contributed by atoms with van der Waals surface area (Å²) in [6.07, 6.45) is 1.13. The first kappa shape index (κ1) is 23.2. The van der Waals surface area contributed by atoms with Gasteiger partial charge in [0.25, 0.3) is 0 Å². The largest absolute Gasteiger partial charge is 0.492 e. The van der Waals surface area contributed by atoms with Crippen LogP contribution in [0.15, 0.2) is 29.3 Å². The summed E-state index contributed by atoms with van der Waals surface area (Å²) in [5, 5.41) is 6.69. The van der Waals surface area contributed by atoms with Gasteiger partial charge in [-0.25, -0.2) is 4.99 Å². The van der Waals surface area contributed by atoms with Crippen molar-refractivity contribution >= 4 is 5.96 Å². The molecule has 1 aromatic carbocycles. The third-order valence-electron chi connectivity index (χ3n) is 4.10. The van der Waals surface area contributed by atoms with Crippen LogP contribution < -0.4 is 15.4 Å². The summed E-state index contributed by atoms with van der Waals surface area (Å²) < 4.78 is 11.0. The Hall–Kier alpha value is -1.79. The van der Waals surface area contributed by atoms with Crippen molar-refractivity contribution in [1.29, 1.82) is 0 Å². The zero-order valence-electron chi connectivity index (χ0n) is 17.8. The lowest BCUT2D eigenvalue weighted by Crippen LogP contribution is -2.38. The molecule has 6 nitrogen and oxygen atoms in total. The molecule has 0 aliphatic heterocycles.